The molecule has 0 saturated heterocycles. The number of ether oxygens (including phenoxy) is 2. The zero-order valence-corrected chi connectivity index (χ0v) is 14.0. The van der Waals surface area contributed by atoms with Gasteiger partial charge in [0.15, 0.2) is 17.5 Å². The number of nitrogens with zero attached hydrogens (tertiary/aromatic N) is 1. The lowest BCUT2D eigenvalue weighted by Gasteiger charge is -2.10. The number of hydrogen-bond donors (Lipinski definition) is 0. The summed E-state index contributed by atoms with van der Waals surface area (Å²) >= 11 is 0. The molecule has 1 aromatic heterocycles. The van der Waals surface area contributed by atoms with E-state index < -0.39 is 12.5 Å². The topological polar surface area (TPSA) is 61.6 Å². The van der Waals surface area contributed by atoms with Crippen LogP contribution in [-0.4, -0.2) is 23.4 Å². The minimum Gasteiger partial charge on any atom is -0.464 e. The van der Waals surface area contributed by atoms with E-state index in [0.717, 1.165) is 12.0 Å². The van der Waals surface area contributed by atoms with E-state index in [1.165, 1.54) is 24.3 Å². The number of fused-ring (bicyclic) bond motifs is 1. The Hall–Kier alpha value is -3.03. The molecule has 140 valence electrons. The maximum atomic E-state index is 12.3. The molecule has 5 nitrogen and oxygen atoms in total. The number of ketones is 1. The quantitative estimate of drug-likeness (QED) is 0.648. The van der Waals surface area contributed by atoms with Gasteiger partial charge in [-0.3, -0.25) is 4.79 Å². The van der Waals surface area contributed by atoms with E-state index in [1.807, 2.05) is 0 Å². The van der Waals surface area contributed by atoms with E-state index in [-0.39, 0.29) is 17.4 Å². The fourth-order valence-electron chi connectivity index (χ4n) is 3.07. The highest BCUT2D eigenvalue weighted by Gasteiger charge is 2.31. The molecule has 0 amide bonds. The Bertz CT molecular complexity index is 979. The van der Waals surface area contributed by atoms with E-state index >= 15 is 0 Å². The van der Waals surface area contributed by atoms with E-state index in [2.05, 4.69) is 9.89 Å². The van der Waals surface area contributed by atoms with Gasteiger partial charge in [-0.05, 0) is 53.4 Å². The average Bonchev–Trinajstić information content (AvgIpc) is 3.21. The first-order valence-corrected chi connectivity index (χ1v) is 8.34. The summed E-state index contributed by atoms with van der Waals surface area (Å²) in [6.45, 7) is 0. The largest absolute Gasteiger partial charge is 0.573 e. The lowest BCUT2D eigenvalue weighted by molar-refractivity contribution is -0.274. The molecular formula is C19H14F3NO4. The van der Waals surface area contributed by atoms with Gasteiger partial charge in [0.2, 0.25) is 0 Å². The van der Waals surface area contributed by atoms with Crippen LogP contribution in [0.15, 0.2) is 47.0 Å². The number of carbonyl (C=O) groups is 1. The SMILES string of the molecule is O=C1CCC[C@H]1Oc1noc2ccc(-c3ccc(OC(F)(F)F)cc3)cc12. The molecule has 0 N–H and O–H groups in total. The second-order valence-corrected chi connectivity index (χ2v) is 6.24. The van der Waals surface area contributed by atoms with Crippen LogP contribution in [0.3, 0.4) is 0 Å². The van der Waals surface area contributed by atoms with Gasteiger partial charge in [0, 0.05) is 6.42 Å². The lowest BCUT2D eigenvalue weighted by atomic mass is 10.0. The molecule has 1 heterocycles. The van der Waals surface area contributed by atoms with Crippen molar-refractivity contribution in [2.75, 3.05) is 0 Å². The number of rotatable bonds is 4. The maximum absolute atomic E-state index is 12.3. The lowest BCUT2D eigenvalue weighted by Crippen LogP contribution is -2.21. The number of aromatic nitrogens is 1. The highest BCUT2D eigenvalue weighted by atomic mass is 19.4. The zero-order valence-electron chi connectivity index (χ0n) is 14.0. The molecule has 1 aliphatic carbocycles. The molecule has 1 saturated carbocycles. The molecule has 0 radical (unpaired) electrons. The molecule has 0 aliphatic heterocycles. The summed E-state index contributed by atoms with van der Waals surface area (Å²) in [5.74, 6) is -0.00671. The molecule has 0 bridgehead atoms. The first-order chi connectivity index (χ1) is 12.9. The third kappa shape index (κ3) is 3.74. The molecule has 0 unspecified atom stereocenters. The van der Waals surface area contributed by atoms with E-state index in [9.17, 15) is 18.0 Å². The smallest absolute Gasteiger partial charge is 0.464 e. The summed E-state index contributed by atoms with van der Waals surface area (Å²) in [5, 5.41) is 4.49. The van der Waals surface area contributed by atoms with Crippen molar-refractivity contribution in [2.24, 2.45) is 0 Å². The van der Waals surface area contributed by atoms with Gasteiger partial charge in [-0.15, -0.1) is 13.2 Å². The van der Waals surface area contributed by atoms with Crippen LogP contribution >= 0.6 is 0 Å². The Kier molecular flexibility index (Phi) is 4.25. The van der Waals surface area contributed by atoms with Crippen molar-refractivity contribution in [1.29, 1.82) is 0 Å². The number of benzene rings is 2. The summed E-state index contributed by atoms with van der Waals surface area (Å²) in [4.78, 5) is 11.8. The van der Waals surface area contributed by atoms with Crippen LogP contribution in [-0.2, 0) is 4.79 Å². The third-order valence-electron chi connectivity index (χ3n) is 4.36. The standard InChI is InChI=1S/C19H14F3NO4/c20-19(21,22)26-13-7-4-11(5-8-13)12-6-9-16-14(10-12)18(23-27-16)25-17-3-1-2-15(17)24/h4-10,17H,1-3H2/t17-/m1/s1. The number of halogens is 3. The van der Waals surface area contributed by atoms with Crippen LogP contribution in [0, 0.1) is 0 Å². The normalized spacial score (nSPS) is 17.4. The molecule has 4 rings (SSSR count). The van der Waals surface area contributed by atoms with Gasteiger partial charge in [-0.1, -0.05) is 18.2 Å². The van der Waals surface area contributed by atoms with Crippen LogP contribution in [0.1, 0.15) is 19.3 Å². The number of carbonyl (C=O) groups excluding carboxylic acids is 1. The van der Waals surface area contributed by atoms with Gasteiger partial charge < -0.3 is 14.0 Å². The molecule has 8 heteroatoms. The minimum atomic E-state index is -4.73. The molecule has 27 heavy (non-hydrogen) atoms. The number of hydrogen-bond acceptors (Lipinski definition) is 5. The summed E-state index contributed by atoms with van der Waals surface area (Å²) in [6.07, 6.45) is -3.31. The first kappa shape index (κ1) is 17.4. The Balaban J connectivity index is 1.61. The van der Waals surface area contributed by atoms with Gasteiger partial charge in [0.1, 0.15) is 5.75 Å². The molecule has 3 aromatic rings. The fraction of sp³-hybridized carbons (Fsp3) is 0.263. The van der Waals surface area contributed by atoms with E-state index in [1.54, 1.807) is 18.2 Å². The number of alkyl halides is 3. The van der Waals surface area contributed by atoms with Crippen molar-refractivity contribution in [3.05, 3.63) is 42.5 Å². The number of Topliss-reactive ketones (excluding diaryl/α,β-unsaturated/α-hetero) is 1. The predicted octanol–water partition coefficient (Wildman–Crippen LogP) is 4.89. The fourth-order valence-corrected chi connectivity index (χ4v) is 3.07. The van der Waals surface area contributed by atoms with Crippen molar-refractivity contribution in [3.63, 3.8) is 0 Å². The summed E-state index contributed by atoms with van der Waals surface area (Å²) < 4.78 is 51.6. The Morgan fingerprint density at radius 2 is 1.81 bits per heavy atom. The molecule has 1 aliphatic rings. The van der Waals surface area contributed by atoms with Gasteiger partial charge in [-0.2, -0.15) is 0 Å². The third-order valence-corrected chi connectivity index (χ3v) is 4.36. The van der Waals surface area contributed by atoms with Crippen molar-refractivity contribution in [1.82, 2.24) is 5.16 Å². The second kappa shape index (κ2) is 6.61. The van der Waals surface area contributed by atoms with Crippen LogP contribution in [0.25, 0.3) is 22.1 Å². The molecule has 1 atom stereocenters. The average molecular weight is 377 g/mol. The van der Waals surface area contributed by atoms with Crippen LogP contribution < -0.4 is 9.47 Å². The maximum Gasteiger partial charge on any atom is 0.573 e. The van der Waals surface area contributed by atoms with Crippen molar-refractivity contribution >= 4 is 16.8 Å². The highest BCUT2D eigenvalue weighted by Crippen LogP contribution is 2.33. The van der Waals surface area contributed by atoms with Crippen LogP contribution in [0.5, 0.6) is 11.6 Å². The Labute approximate surface area is 151 Å². The van der Waals surface area contributed by atoms with Gasteiger partial charge in [0.05, 0.1) is 5.39 Å². The molecular weight excluding hydrogens is 363 g/mol. The van der Waals surface area contributed by atoms with Crippen LogP contribution in [0.4, 0.5) is 13.2 Å². The predicted molar refractivity (Wildman–Crippen MR) is 89.4 cm³/mol. The van der Waals surface area contributed by atoms with E-state index in [0.29, 0.717) is 29.4 Å². The van der Waals surface area contributed by atoms with Gasteiger partial charge in [0.25, 0.3) is 5.88 Å². The van der Waals surface area contributed by atoms with Crippen molar-refractivity contribution in [2.45, 2.75) is 31.7 Å². The Morgan fingerprint density at radius 1 is 1.07 bits per heavy atom. The van der Waals surface area contributed by atoms with Crippen LogP contribution in [0.2, 0.25) is 0 Å². The van der Waals surface area contributed by atoms with Crippen molar-refractivity contribution in [3.8, 4) is 22.8 Å². The first-order valence-electron chi connectivity index (χ1n) is 8.34. The van der Waals surface area contributed by atoms with Crippen molar-refractivity contribution < 1.29 is 32.0 Å². The summed E-state index contributed by atoms with van der Waals surface area (Å²) in [6, 6.07) is 10.8. The summed E-state index contributed by atoms with van der Waals surface area (Å²) in [7, 11) is 0. The zero-order chi connectivity index (χ0) is 19.0. The molecule has 1 fully saturated rings. The van der Waals surface area contributed by atoms with Gasteiger partial charge in [-0.25, -0.2) is 0 Å². The van der Waals surface area contributed by atoms with E-state index in [4.69, 9.17) is 9.26 Å². The minimum absolute atomic E-state index is 0.0440. The Morgan fingerprint density at radius 3 is 2.48 bits per heavy atom. The molecule has 2 aromatic carbocycles. The van der Waals surface area contributed by atoms with Gasteiger partial charge >= 0.3 is 6.36 Å². The second-order valence-electron chi connectivity index (χ2n) is 6.24. The monoisotopic (exact) mass is 377 g/mol. The molecule has 0 spiro atoms. The highest BCUT2D eigenvalue weighted by molar-refractivity contribution is 5.89. The summed E-state index contributed by atoms with van der Waals surface area (Å²) in [5.41, 5.74) is 1.93.